The first kappa shape index (κ1) is 17.6. The number of carboxylic acids is 1. The van der Waals surface area contributed by atoms with Crippen LogP contribution in [0.15, 0.2) is 59.5 Å². The normalized spacial score (nSPS) is 13.7. The summed E-state index contributed by atoms with van der Waals surface area (Å²) in [5.41, 5.74) is 1.31. The van der Waals surface area contributed by atoms with Gasteiger partial charge in [0.2, 0.25) is 0 Å². The van der Waals surface area contributed by atoms with E-state index in [1.165, 1.54) is 5.56 Å². The van der Waals surface area contributed by atoms with Crippen molar-refractivity contribution in [3.63, 3.8) is 0 Å². The molecule has 3 heteroatoms. The molecule has 1 unspecified atom stereocenters. The van der Waals surface area contributed by atoms with Crippen LogP contribution in [0.1, 0.15) is 38.3 Å². The monoisotopic (exact) mass is 328 g/mol. The summed E-state index contributed by atoms with van der Waals surface area (Å²) in [6.07, 6.45) is 0.630. The molecule has 2 aromatic rings. The summed E-state index contributed by atoms with van der Waals surface area (Å²) < 4.78 is 0. The van der Waals surface area contributed by atoms with Crippen LogP contribution in [0.5, 0.6) is 0 Å². The Hall–Kier alpha value is -1.74. The summed E-state index contributed by atoms with van der Waals surface area (Å²) in [5.74, 6) is 0.414. The molecule has 0 bridgehead atoms. The van der Waals surface area contributed by atoms with Crippen molar-refractivity contribution < 1.29 is 9.90 Å². The maximum Gasteiger partial charge on any atom is 0.313 e. The Morgan fingerprint density at radius 2 is 1.70 bits per heavy atom. The quantitative estimate of drug-likeness (QED) is 0.695. The van der Waals surface area contributed by atoms with Gasteiger partial charge in [-0.15, -0.1) is 11.8 Å². The highest BCUT2D eigenvalue weighted by atomic mass is 32.2. The molecule has 2 nitrogen and oxygen atoms in total. The summed E-state index contributed by atoms with van der Waals surface area (Å²) in [6.45, 7) is 5.99. The molecule has 0 aliphatic carbocycles. The second-order valence-electron chi connectivity index (χ2n) is 6.51. The van der Waals surface area contributed by atoms with Gasteiger partial charge in [0.1, 0.15) is 0 Å². The standard InChI is InChI=1S/C20H24O2S/c1-15(2)13-20(3,19(21)22)17-11-7-8-12-18(17)23-14-16-9-5-4-6-10-16/h4-12,15H,13-14H2,1-3H3,(H,21,22). The second-order valence-corrected chi connectivity index (χ2v) is 7.52. The summed E-state index contributed by atoms with van der Waals surface area (Å²) >= 11 is 1.71. The molecule has 2 aromatic carbocycles. The highest BCUT2D eigenvalue weighted by Gasteiger charge is 2.37. The molecule has 0 aliphatic heterocycles. The topological polar surface area (TPSA) is 37.3 Å². The summed E-state index contributed by atoms with van der Waals surface area (Å²) in [4.78, 5) is 13.0. The molecule has 0 saturated carbocycles. The van der Waals surface area contributed by atoms with E-state index in [2.05, 4.69) is 26.0 Å². The Balaban J connectivity index is 2.30. The predicted molar refractivity (Wildman–Crippen MR) is 96.9 cm³/mol. The fourth-order valence-electron chi connectivity index (χ4n) is 2.91. The van der Waals surface area contributed by atoms with E-state index in [1.807, 2.05) is 49.4 Å². The molecule has 23 heavy (non-hydrogen) atoms. The minimum atomic E-state index is -0.853. The van der Waals surface area contributed by atoms with Gasteiger partial charge in [-0.25, -0.2) is 0 Å². The minimum Gasteiger partial charge on any atom is -0.481 e. The number of thioether (sulfide) groups is 1. The first-order valence-corrected chi connectivity index (χ1v) is 8.91. The minimum absolute atomic E-state index is 0.322. The first-order valence-electron chi connectivity index (χ1n) is 7.93. The highest BCUT2D eigenvalue weighted by molar-refractivity contribution is 7.98. The zero-order valence-electron chi connectivity index (χ0n) is 14.0. The van der Waals surface area contributed by atoms with E-state index < -0.39 is 11.4 Å². The van der Waals surface area contributed by atoms with Crippen molar-refractivity contribution in [2.24, 2.45) is 5.92 Å². The van der Waals surface area contributed by atoms with Crippen molar-refractivity contribution >= 4 is 17.7 Å². The van der Waals surface area contributed by atoms with Crippen molar-refractivity contribution in [2.75, 3.05) is 0 Å². The molecule has 1 atom stereocenters. The largest absolute Gasteiger partial charge is 0.481 e. The molecule has 0 fully saturated rings. The molecule has 0 aliphatic rings. The van der Waals surface area contributed by atoms with E-state index in [0.717, 1.165) is 16.2 Å². The Bertz CT molecular complexity index is 652. The zero-order valence-corrected chi connectivity index (χ0v) is 14.8. The number of rotatable bonds is 7. The highest BCUT2D eigenvalue weighted by Crippen LogP contribution is 2.38. The van der Waals surface area contributed by atoms with E-state index >= 15 is 0 Å². The van der Waals surface area contributed by atoms with Gasteiger partial charge >= 0.3 is 5.97 Å². The van der Waals surface area contributed by atoms with Crippen LogP contribution in [0.3, 0.4) is 0 Å². The lowest BCUT2D eigenvalue weighted by molar-refractivity contribution is -0.144. The molecular formula is C20H24O2S. The third kappa shape index (κ3) is 4.38. The van der Waals surface area contributed by atoms with Crippen molar-refractivity contribution in [3.8, 4) is 0 Å². The molecule has 0 spiro atoms. The fraction of sp³-hybridized carbons (Fsp3) is 0.350. The van der Waals surface area contributed by atoms with E-state index in [1.54, 1.807) is 11.8 Å². The Morgan fingerprint density at radius 1 is 1.09 bits per heavy atom. The maximum absolute atomic E-state index is 12.0. The van der Waals surface area contributed by atoms with E-state index in [9.17, 15) is 9.90 Å². The van der Waals surface area contributed by atoms with Gasteiger partial charge < -0.3 is 5.11 Å². The van der Waals surface area contributed by atoms with E-state index in [-0.39, 0.29) is 0 Å². The number of carboxylic acid groups (broad SMARTS) is 1. The number of carbonyl (C=O) groups is 1. The zero-order chi connectivity index (χ0) is 16.9. The third-order valence-corrected chi connectivity index (χ3v) is 5.15. The lowest BCUT2D eigenvalue weighted by Crippen LogP contribution is -2.34. The Labute approximate surface area is 142 Å². The van der Waals surface area contributed by atoms with Crippen LogP contribution in [0, 0.1) is 5.92 Å². The van der Waals surface area contributed by atoms with Gasteiger partial charge in [-0.05, 0) is 36.5 Å². The smallest absolute Gasteiger partial charge is 0.313 e. The van der Waals surface area contributed by atoms with Gasteiger partial charge in [0.05, 0.1) is 5.41 Å². The maximum atomic E-state index is 12.0. The lowest BCUT2D eigenvalue weighted by atomic mass is 9.76. The lowest BCUT2D eigenvalue weighted by Gasteiger charge is -2.29. The van der Waals surface area contributed by atoms with Crippen molar-refractivity contribution in [2.45, 2.75) is 43.3 Å². The van der Waals surface area contributed by atoms with Crippen LogP contribution in [-0.4, -0.2) is 11.1 Å². The second kappa shape index (κ2) is 7.69. The summed E-state index contributed by atoms with van der Waals surface area (Å²) in [6, 6.07) is 18.2. The van der Waals surface area contributed by atoms with Gasteiger partial charge in [0, 0.05) is 10.6 Å². The van der Waals surface area contributed by atoms with Gasteiger partial charge in [-0.3, -0.25) is 4.79 Å². The number of benzene rings is 2. The summed E-state index contributed by atoms with van der Waals surface area (Å²) in [5, 5.41) is 9.84. The number of aliphatic carboxylic acids is 1. The van der Waals surface area contributed by atoms with Crippen LogP contribution >= 0.6 is 11.8 Å². The van der Waals surface area contributed by atoms with Crippen LogP contribution in [0.4, 0.5) is 0 Å². The molecule has 0 radical (unpaired) electrons. The molecule has 2 rings (SSSR count). The average Bonchev–Trinajstić information content (AvgIpc) is 2.53. The first-order chi connectivity index (χ1) is 10.9. The van der Waals surface area contributed by atoms with E-state index in [0.29, 0.717) is 12.3 Å². The van der Waals surface area contributed by atoms with Crippen molar-refractivity contribution in [1.29, 1.82) is 0 Å². The van der Waals surface area contributed by atoms with Crippen LogP contribution in [0.25, 0.3) is 0 Å². The molecule has 122 valence electrons. The van der Waals surface area contributed by atoms with Gasteiger partial charge in [0.15, 0.2) is 0 Å². The number of hydrogen-bond acceptors (Lipinski definition) is 2. The van der Waals surface area contributed by atoms with Gasteiger partial charge in [-0.1, -0.05) is 62.4 Å². The van der Waals surface area contributed by atoms with Crippen molar-refractivity contribution in [1.82, 2.24) is 0 Å². The van der Waals surface area contributed by atoms with Gasteiger partial charge in [-0.2, -0.15) is 0 Å². The SMILES string of the molecule is CC(C)CC(C)(C(=O)O)c1ccccc1SCc1ccccc1. The number of hydrogen-bond donors (Lipinski definition) is 1. The van der Waals surface area contributed by atoms with Crippen LogP contribution < -0.4 is 0 Å². The van der Waals surface area contributed by atoms with E-state index in [4.69, 9.17) is 0 Å². The van der Waals surface area contributed by atoms with Gasteiger partial charge in [0.25, 0.3) is 0 Å². The Morgan fingerprint density at radius 3 is 2.30 bits per heavy atom. The molecular weight excluding hydrogens is 304 g/mol. The molecule has 0 heterocycles. The molecule has 1 N–H and O–H groups in total. The predicted octanol–water partition coefficient (Wildman–Crippen LogP) is 5.37. The fourth-order valence-corrected chi connectivity index (χ4v) is 4.05. The molecule has 0 aromatic heterocycles. The third-order valence-electron chi connectivity index (χ3n) is 4.01. The van der Waals surface area contributed by atoms with Crippen LogP contribution in [-0.2, 0) is 16.0 Å². The van der Waals surface area contributed by atoms with Crippen LogP contribution in [0.2, 0.25) is 0 Å². The molecule has 0 amide bonds. The average molecular weight is 328 g/mol. The summed E-state index contributed by atoms with van der Waals surface area (Å²) in [7, 11) is 0. The Kier molecular flexibility index (Phi) is 5.89. The molecule has 0 saturated heterocycles. The van der Waals surface area contributed by atoms with Crippen molar-refractivity contribution in [3.05, 3.63) is 65.7 Å².